The molecule has 0 unspecified atom stereocenters. The SMILES string of the molecule is O=C(NCc1ccccc1)OCN1C(=O)CCc2ccc(ON3CCN(c4cccc(Cl)c4Cl)CC3)cc21. The Kier molecular flexibility index (Phi) is 8.22. The van der Waals surface area contributed by atoms with Crippen molar-refractivity contribution in [2.24, 2.45) is 0 Å². The van der Waals surface area contributed by atoms with Gasteiger partial charge in [-0.1, -0.05) is 65.7 Å². The van der Waals surface area contributed by atoms with Crippen molar-refractivity contribution < 1.29 is 19.2 Å². The predicted molar refractivity (Wildman–Crippen MR) is 148 cm³/mol. The van der Waals surface area contributed by atoms with Gasteiger partial charge in [-0.25, -0.2) is 4.79 Å². The zero-order valence-corrected chi connectivity index (χ0v) is 22.3. The molecule has 1 saturated heterocycles. The van der Waals surface area contributed by atoms with Gasteiger partial charge in [-0.3, -0.25) is 9.69 Å². The fourth-order valence-corrected chi connectivity index (χ4v) is 4.98. The molecule has 0 radical (unpaired) electrons. The first kappa shape index (κ1) is 26.2. The van der Waals surface area contributed by atoms with Gasteiger partial charge in [0.25, 0.3) is 0 Å². The number of nitrogens with one attached hydrogen (secondary N) is 1. The maximum Gasteiger partial charge on any atom is 0.409 e. The molecule has 5 rings (SSSR count). The molecule has 10 heteroatoms. The molecule has 1 fully saturated rings. The van der Waals surface area contributed by atoms with Gasteiger partial charge in [0.1, 0.15) is 5.75 Å². The van der Waals surface area contributed by atoms with Crippen molar-refractivity contribution >= 4 is 46.6 Å². The number of alkyl carbamates (subject to hydrolysis) is 1. The fourth-order valence-electron chi connectivity index (χ4n) is 4.57. The number of hydrogen-bond acceptors (Lipinski definition) is 6. The zero-order chi connectivity index (χ0) is 26.5. The molecule has 3 aromatic rings. The summed E-state index contributed by atoms with van der Waals surface area (Å²) in [4.78, 5) is 34.8. The van der Waals surface area contributed by atoms with E-state index in [-0.39, 0.29) is 12.6 Å². The first-order valence-corrected chi connectivity index (χ1v) is 13.2. The molecule has 2 heterocycles. The summed E-state index contributed by atoms with van der Waals surface area (Å²) in [6, 6.07) is 20.9. The van der Waals surface area contributed by atoms with Gasteiger partial charge in [-0.15, -0.1) is 5.06 Å². The van der Waals surface area contributed by atoms with Gasteiger partial charge in [-0.2, -0.15) is 0 Å². The van der Waals surface area contributed by atoms with Crippen LogP contribution in [0.5, 0.6) is 5.75 Å². The van der Waals surface area contributed by atoms with E-state index in [0.717, 1.165) is 29.9 Å². The summed E-state index contributed by atoms with van der Waals surface area (Å²) in [5, 5.41) is 5.69. The van der Waals surface area contributed by atoms with Gasteiger partial charge in [-0.05, 0) is 35.7 Å². The van der Waals surface area contributed by atoms with E-state index in [1.807, 2.05) is 65.7 Å². The van der Waals surface area contributed by atoms with Gasteiger partial charge < -0.3 is 19.8 Å². The minimum atomic E-state index is -0.584. The summed E-state index contributed by atoms with van der Waals surface area (Å²) in [7, 11) is 0. The van der Waals surface area contributed by atoms with Crippen LogP contribution in [0, 0.1) is 0 Å². The molecule has 0 bridgehead atoms. The standard InChI is InChI=1S/C28H28Cl2N4O4/c29-23-7-4-8-24(27(23)30)32-13-15-33(16-14-32)38-22-11-9-21-10-12-26(35)34(25(21)17-22)19-37-28(36)31-18-20-5-2-1-3-6-20/h1-9,11,17H,10,12-16,18-19H2,(H,31,36). The van der Waals surface area contributed by atoms with Crippen LogP contribution in [0.1, 0.15) is 17.5 Å². The Morgan fingerprint density at radius 3 is 2.47 bits per heavy atom. The molecule has 0 atom stereocenters. The average Bonchev–Trinajstić information content (AvgIpc) is 2.94. The first-order valence-electron chi connectivity index (χ1n) is 12.5. The lowest BCUT2D eigenvalue weighted by atomic mass is 10.0. The Labute approximate surface area is 231 Å². The molecule has 1 N–H and O–H groups in total. The molecule has 0 aromatic heterocycles. The molecule has 2 aliphatic rings. The van der Waals surface area contributed by atoms with Crippen LogP contribution in [-0.4, -0.2) is 50.0 Å². The van der Waals surface area contributed by atoms with Crippen molar-refractivity contribution in [1.29, 1.82) is 0 Å². The van der Waals surface area contributed by atoms with Crippen molar-refractivity contribution in [1.82, 2.24) is 10.4 Å². The van der Waals surface area contributed by atoms with Crippen LogP contribution in [0.15, 0.2) is 66.7 Å². The van der Waals surface area contributed by atoms with E-state index in [9.17, 15) is 9.59 Å². The minimum Gasteiger partial charge on any atom is -0.428 e. The summed E-state index contributed by atoms with van der Waals surface area (Å²) < 4.78 is 5.37. The van der Waals surface area contributed by atoms with Crippen LogP contribution in [0.4, 0.5) is 16.2 Å². The number of hydrogen-bond donors (Lipinski definition) is 1. The second kappa shape index (κ2) is 11.9. The van der Waals surface area contributed by atoms with Crippen molar-refractivity contribution in [3.05, 3.63) is 87.9 Å². The maximum atomic E-state index is 12.7. The van der Waals surface area contributed by atoms with E-state index in [4.69, 9.17) is 32.8 Å². The third-order valence-corrected chi connectivity index (χ3v) is 7.42. The number of piperazine rings is 1. The van der Waals surface area contributed by atoms with E-state index < -0.39 is 6.09 Å². The molecular formula is C28H28Cl2N4O4. The lowest BCUT2D eigenvalue weighted by molar-refractivity contribution is -0.119. The minimum absolute atomic E-state index is 0.0995. The highest BCUT2D eigenvalue weighted by molar-refractivity contribution is 6.43. The highest BCUT2D eigenvalue weighted by atomic mass is 35.5. The van der Waals surface area contributed by atoms with Crippen LogP contribution < -0.4 is 20.0 Å². The molecule has 3 aromatic carbocycles. The number of rotatable bonds is 7. The molecule has 2 aliphatic heterocycles. The topological polar surface area (TPSA) is 74.3 Å². The van der Waals surface area contributed by atoms with Gasteiger partial charge in [0, 0.05) is 32.1 Å². The second-order valence-corrected chi connectivity index (χ2v) is 9.88. The summed E-state index contributed by atoms with van der Waals surface area (Å²) in [6.07, 6.45) is 0.402. The molecular weight excluding hydrogens is 527 g/mol. The normalized spacial score (nSPS) is 15.7. The van der Waals surface area contributed by atoms with Crippen molar-refractivity contribution in [3.8, 4) is 5.75 Å². The van der Waals surface area contributed by atoms with E-state index in [1.54, 1.807) is 6.07 Å². The number of amides is 2. The predicted octanol–water partition coefficient (Wildman–Crippen LogP) is 5.27. The maximum absolute atomic E-state index is 12.7. The number of hydroxylamine groups is 2. The Bertz CT molecular complexity index is 1300. The Hall–Kier alpha value is -3.46. The number of carbonyl (C=O) groups excluding carboxylic acids is 2. The number of halogens is 2. The molecule has 0 aliphatic carbocycles. The van der Waals surface area contributed by atoms with Gasteiger partial charge in [0.05, 0.1) is 34.5 Å². The quantitative estimate of drug-likeness (QED) is 0.428. The van der Waals surface area contributed by atoms with Crippen LogP contribution in [-0.2, 0) is 22.5 Å². The molecule has 0 saturated carbocycles. The lowest BCUT2D eigenvalue weighted by Gasteiger charge is -2.36. The Morgan fingerprint density at radius 2 is 1.68 bits per heavy atom. The summed E-state index contributed by atoms with van der Waals surface area (Å²) in [6.45, 7) is 2.94. The van der Waals surface area contributed by atoms with E-state index >= 15 is 0 Å². The number of carbonyl (C=O) groups is 2. The molecule has 2 amide bonds. The van der Waals surface area contributed by atoms with Crippen LogP contribution in [0.2, 0.25) is 10.0 Å². The number of nitrogens with zero attached hydrogens (tertiary/aromatic N) is 3. The van der Waals surface area contributed by atoms with Gasteiger partial charge in [0.15, 0.2) is 6.73 Å². The van der Waals surface area contributed by atoms with E-state index in [2.05, 4.69) is 10.2 Å². The second-order valence-electron chi connectivity index (χ2n) is 9.09. The van der Waals surface area contributed by atoms with E-state index in [0.29, 0.717) is 54.0 Å². The lowest BCUT2D eigenvalue weighted by Crippen LogP contribution is -2.47. The summed E-state index contributed by atoms with van der Waals surface area (Å²) in [5.74, 6) is 0.517. The molecule has 0 spiro atoms. The molecule has 38 heavy (non-hydrogen) atoms. The van der Waals surface area contributed by atoms with Crippen molar-refractivity contribution in [2.75, 3.05) is 42.7 Å². The Balaban J connectivity index is 1.18. The average molecular weight is 555 g/mol. The van der Waals surface area contributed by atoms with Crippen LogP contribution in [0.3, 0.4) is 0 Å². The molecule has 8 nitrogen and oxygen atoms in total. The number of anilines is 2. The smallest absolute Gasteiger partial charge is 0.409 e. The zero-order valence-electron chi connectivity index (χ0n) is 20.7. The van der Waals surface area contributed by atoms with Crippen molar-refractivity contribution in [3.63, 3.8) is 0 Å². The third-order valence-electron chi connectivity index (χ3n) is 6.61. The summed E-state index contributed by atoms with van der Waals surface area (Å²) in [5.41, 5.74) is 3.57. The number of ether oxygens (including phenoxy) is 1. The van der Waals surface area contributed by atoms with Crippen LogP contribution >= 0.6 is 23.2 Å². The molecule has 198 valence electrons. The first-order chi connectivity index (χ1) is 18.5. The van der Waals surface area contributed by atoms with Gasteiger partial charge >= 0.3 is 6.09 Å². The van der Waals surface area contributed by atoms with Crippen molar-refractivity contribution in [2.45, 2.75) is 19.4 Å². The van der Waals surface area contributed by atoms with E-state index in [1.165, 1.54) is 4.90 Å². The highest BCUT2D eigenvalue weighted by Crippen LogP contribution is 2.34. The Morgan fingerprint density at radius 1 is 0.895 bits per heavy atom. The van der Waals surface area contributed by atoms with Gasteiger partial charge in [0.2, 0.25) is 5.91 Å². The van der Waals surface area contributed by atoms with Crippen LogP contribution in [0.25, 0.3) is 0 Å². The number of fused-ring (bicyclic) bond motifs is 1. The summed E-state index contributed by atoms with van der Waals surface area (Å²) >= 11 is 12.6. The third kappa shape index (κ3) is 6.15. The number of aryl methyl sites for hydroxylation is 1. The number of benzene rings is 3. The fraction of sp³-hybridized carbons (Fsp3) is 0.286. The monoisotopic (exact) mass is 554 g/mol. The largest absolute Gasteiger partial charge is 0.428 e. The highest BCUT2D eigenvalue weighted by Gasteiger charge is 2.27.